The van der Waals surface area contributed by atoms with Crippen molar-refractivity contribution in [2.75, 3.05) is 5.73 Å². The molecule has 0 spiro atoms. The van der Waals surface area contributed by atoms with Gasteiger partial charge in [0.25, 0.3) is 0 Å². The van der Waals surface area contributed by atoms with Crippen molar-refractivity contribution in [3.63, 3.8) is 0 Å². The van der Waals surface area contributed by atoms with Crippen LogP contribution in [0, 0.1) is 5.82 Å². The van der Waals surface area contributed by atoms with Crippen molar-refractivity contribution in [1.82, 2.24) is 20.0 Å². The van der Waals surface area contributed by atoms with E-state index in [1.165, 1.54) is 29.1 Å². The molecule has 3 aromatic rings. The Morgan fingerprint density at radius 2 is 2.06 bits per heavy atom. The molecule has 182 valence electrons. The molecule has 0 radical (unpaired) electrons. The monoisotopic (exact) mass is 509 g/mol. The summed E-state index contributed by atoms with van der Waals surface area (Å²) in [6.45, 7) is -0.354. The second-order valence-corrected chi connectivity index (χ2v) is 8.27. The molecule has 1 aliphatic heterocycles. The fraction of sp³-hybridized carbons (Fsp3) is 0.125. The van der Waals surface area contributed by atoms with Crippen LogP contribution in [-0.2, 0) is 24.5 Å². The topological polar surface area (TPSA) is 146 Å². The quantitative estimate of drug-likeness (QED) is 0.200. The number of aliphatic hydroxyl groups excluding tert-OH is 1. The van der Waals surface area contributed by atoms with E-state index >= 15 is 0 Å². The van der Waals surface area contributed by atoms with E-state index in [1.54, 1.807) is 18.2 Å². The van der Waals surface area contributed by atoms with Crippen LogP contribution < -0.4 is 11.2 Å². The maximum atomic E-state index is 13.3. The third-order valence-electron chi connectivity index (χ3n) is 5.45. The number of nitrogens with two attached hydrogens (primary N) is 1. The summed E-state index contributed by atoms with van der Waals surface area (Å²) in [5.41, 5.74) is 6.81. The molecule has 10 nitrogen and oxygen atoms in total. The van der Waals surface area contributed by atoms with Crippen LogP contribution in [0.25, 0.3) is 22.6 Å². The number of rotatable bonds is 6. The van der Waals surface area contributed by atoms with Crippen molar-refractivity contribution >= 4 is 34.4 Å². The molecule has 5 rings (SSSR count). The lowest BCUT2D eigenvalue weighted by Gasteiger charge is -2.13. The fourth-order valence-electron chi connectivity index (χ4n) is 3.69. The largest absolute Gasteiger partial charge is 0.455 e. The maximum Gasteiger partial charge on any atom is 0.343 e. The van der Waals surface area contributed by atoms with Gasteiger partial charge in [0.05, 0.1) is 25.0 Å². The average Bonchev–Trinajstić information content (AvgIpc) is 3.31. The first-order valence-electron chi connectivity index (χ1n) is 10.6. The number of anilines is 1. The molecule has 2 aliphatic rings. The third-order valence-corrected chi connectivity index (χ3v) is 5.80. The number of halogens is 2. The summed E-state index contributed by atoms with van der Waals surface area (Å²) < 4.78 is 25.8. The summed E-state index contributed by atoms with van der Waals surface area (Å²) in [5.74, 6) is -1.31. The molecule has 1 aliphatic carbocycles. The van der Waals surface area contributed by atoms with Gasteiger partial charge in [0.1, 0.15) is 34.9 Å². The van der Waals surface area contributed by atoms with Crippen molar-refractivity contribution in [3.8, 4) is 11.5 Å². The number of nitrogens with zero attached hydrogens (tertiary/aromatic N) is 4. The Balaban J connectivity index is 1.41. The highest BCUT2D eigenvalue weighted by Gasteiger charge is 2.26. The Bertz CT molecular complexity index is 1650. The predicted octanol–water partition coefficient (Wildman–Crippen LogP) is 3.16. The summed E-state index contributed by atoms with van der Waals surface area (Å²) in [7, 11) is 0. The van der Waals surface area contributed by atoms with E-state index in [1.807, 2.05) is 0 Å². The van der Waals surface area contributed by atoms with Crippen molar-refractivity contribution in [2.45, 2.75) is 19.8 Å². The second-order valence-electron chi connectivity index (χ2n) is 7.87. The molecule has 0 saturated heterocycles. The number of carbonyl (C=O) groups excluding carboxylic acids is 1. The summed E-state index contributed by atoms with van der Waals surface area (Å²) in [6, 6.07) is 10.1. The van der Waals surface area contributed by atoms with Crippen LogP contribution in [0.4, 0.5) is 10.1 Å². The number of para-hydroxylation sites is 1. The number of ether oxygens (including phenoxy) is 1. The molecule has 0 fully saturated rings. The Morgan fingerprint density at radius 1 is 1.22 bits per heavy atom. The smallest absolute Gasteiger partial charge is 0.343 e. The van der Waals surface area contributed by atoms with Crippen molar-refractivity contribution in [3.05, 3.63) is 92.1 Å². The SMILES string of the molecule is Nc1c(C(=O)OCc2cn(Cc3ccc(F)cc3Cl)nn2)c2nc3c(CO)cccc3oc-2cc1=O. The van der Waals surface area contributed by atoms with Crippen LogP contribution in [0.5, 0.6) is 0 Å². The van der Waals surface area contributed by atoms with Crippen LogP contribution in [0.2, 0.25) is 5.02 Å². The molecule has 2 aromatic carbocycles. The molecule has 0 unspecified atom stereocenters. The fourth-order valence-corrected chi connectivity index (χ4v) is 3.91. The number of nitrogen functional groups attached to an aromatic ring is 1. The van der Waals surface area contributed by atoms with Gasteiger partial charge in [0.15, 0.2) is 11.3 Å². The van der Waals surface area contributed by atoms with Crippen LogP contribution in [0.3, 0.4) is 0 Å². The molecule has 0 bridgehead atoms. The summed E-state index contributed by atoms with van der Waals surface area (Å²) in [6.07, 6.45) is 1.53. The first kappa shape index (κ1) is 23.4. The van der Waals surface area contributed by atoms with Gasteiger partial charge in [-0.25, -0.2) is 18.9 Å². The van der Waals surface area contributed by atoms with Crippen LogP contribution >= 0.6 is 11.6 Å². The Morgan fingerprint density at radius 3 is 2.83 bits per heavy atom. The van der Waals surface area contributed by atoms with Gasteiger partial charge < -0.3 is 20.0 Å². The summed E-state index contributed by atoms with van der Waals surface area (Å²) in [5, 5.41) is 17.8. The zero-order valence-electron chi connectivity index (χ0n) is 18.4. The molecule has 3 N–H and O–H groups in total. The zero-order chi connectivity index (χ0) is 25.4. The van der Waals surface area contributed by atoms with Gasteiger partial charge >= 0.3 is 5.97 Å². The zero-order valence-corrected chi connectivity index (χ0v) is 19.2. The summed E-state index contributed by atoms with van der Waals surface area (Å²) in [4.78, 5) is 29.8. The summed E-state index contributed by atoms with van der Waals surface area (Å²) >= 11 is 6.05. The lowest BCUT2D eigenvalue weighted by atomic mass is 10.1. The van der Waals surface area contributed by atoms with Gasteiger partial charge in [-0.05, 0) is 23.8 Å². The molecule has 1 aromatic heterocycles. The Labute approximate surface area is 207 Å². The molecule has 36 heavy (non-hydrogen) atoms. The van der Waals surface area contributed by atoms with Gasteiger partial charge in [0, 0.05) is 16.7 Å². The maximum absolute atomic E-state index is 13.3. The van der Waals surface area contributed by atoms with E-state index in [-0.39, 0.29) is 47.5 Å². The minimum Gasteiger partial charge on any atom is -0.455 e. The molecule has 0 saturated carbocycles. The number of aliphatic hydroxyl groups is 1. The van der Waals surface area contributed by atoms with E-state index in [2.05, 4.69) is 15.3 Å². The second kappa shape index (κ2) is 9.36. The lowest BCUT2D eigenvalue weighted by molar-refractivity contribution is 0.0469. The van der Waals surface area contributed by atoms with Crippen molar-refractivity contribution in [2.24, 2.45) is 0 Å². The van der Waals surface area contributed by atoms with Gasteiger partial charge in [-0.1, -0.05) is 35.0 Å². The third kappa shape index (κ3) is 4.37. The predicted molar refractivity (Wildman–Crippen MR) is 127 cm³/mol. The van der Waals surface area contributed by atoms with Crippen molar-refractivity contribution < 1.29 is 23.4 Å². The highest BCUT2D eigenvalue weighted by molar-refractivity contribution is 6.31. The number of hydrogen-bond acceptors (Lipinski definition) is 9. The number of carbonyl (C=O) groups is 1. The molecule has 2 heterocycles. The van der Waals surface area contributed by atoms with E-state index in [0.717, 1.165) is 6.07 Å². The van der Waals surface area contributed by atoms with Gasteiger partial charge in [-0.2, -0.15) is 0 Å². The number of esters is 1. The van der Waals surface area contributed by atoms with Crippen LogP contribution in [0.1, 0.15) is 27.2 Å². The highest BCUT2D eigenvalue weighted by Crippen LogP contribution is 2.31. The van der Waals surface area contributed by atoms with Gasteiger partial charge in [0.2, 0.25) is 5.43 Å². The van der Waals surface area contributed by atoms with E-state index in [4.69, 9.17) is 26.5 Å². The Hall–Kier alpha value is -4.35. The molecule has 12 heteroatoms. The number of fused-ring (bicyclic) bond motifs is 2. The standard InChI is InChI=1S/C24H17ClFN5O5/c25-16-6-14(26)5-4-12(16)8-31-9-15(29-30-31)11-35-24(34)20-21(27)17(33)7-19-23(20)28-22-13(10-32)2-1-3-18(22)36-19/h1-7,9,32H,8,10-11,27H2. The van der Waals surface area contributed by atoms with Gasteiger partial charge in [-0.3, -0.25) is 4.79 Å². The van der Waals surface area contributed by atoms with E-state index < -0.39 is 17.2 Å². The van der Waals surface area contributed by atoms with Crippen LogP contribution in [0.15, 0.2) is 57.9 Å². The first-order chi connectivity index (χ1) is 17.3. The molecule has 0 amide bonds. The highest BCUT2D eigenvalue weighted by atomic mass is 35.5. The molecular weight excluding hydrogens is 493 g/mol. The number of benzene rings is 3. The van der Waals surface area contributed by atoms with E-state index in [9.17, 15) is 19.1 Å². The first-order valence-corrected chi connectivity index (χ1v) is 11.0. The lowest BCUT2D eigenvalue weighted by Crippen LogP contribution is -2.19. The number of hydrogen-bond donors (Lipinski definition) is 2. The minimum absolute atomic E-state index is 0.0279. The minimum atomic E-state index is -0.908. The average molecular weight is 510 g/mol. The Kier molecular flexibility index (Phi) is 6.08. The number of aromatic nitrogens is 4. The normalized spacial score (nSPS) is 11.3. The van der Waals surface area contributed by atoms with E-state index in [0.29, 0.717) is 27.9 Å². The van der Waals surface area contributed by atoms with Crippen LogP contribution in [-0.4, -0.2) is 31.1 Å². The molecule has 0 atom stereocenters. The van der Waals surface area contributed by atoms with Crippen molar-refractivity contribution in [1.29, 1.82) is 0 Å². The molecular formula is C24H17ClFN5O5. The van der Waals surface area contributed by atoms with Gasteiger partial charge in [-0.15, -0.1) is 5.10 Å².